The van der Waals surface area contributed by atoms with E-state index < -0.39 is 0 Å². The molecule has 4 aromatic rings. The largest absolute Gasteiger partial charge is 0.339 e. The van der Waals surface area contributed by atoms with Gasteiger partial charge in [0, 0.05) is 23.4 Å². The summed E-state index contributed by atoms with van der Waals surface area (Å²) in [5.41, 5.74) is 5.10. The average Bonchev–Trinajstić information content (AvgIpc) is 3.25. The Morgan fingerprint density at radius 1 is 1.00 bits per heavy atom. The van der Waals surface area contributed by atoms with Crippen molar-refractivity contribution in [3.05, 3.63) is 88.3 Å². The van der Waals surface area contributed by atoms with Gasteiger partial charge in [-0.25, -0.2) is 4.98 Å². The van der Waals surface area contributed by atoms with E-state index in [0.29, 0.717) is 5.92 Å². The van der Waals surface area contributed by atoms with E-state index in [9.17, 15) is 4.79 Å². The third kappa shape index (κ3) is 4.33. The molecule has 4 heteroatoms. The summed E-state index contributed by atoms with van der Waals surface area (Å²) in [7, 11) is 0. The molecule has 1 fully saturated rings. The number of carbonyl (C=O) groups is 1. The number of hydrogen-bond acceptors (Lipinski definition) is 3. The molecule has 0 atom stereocenters. The number of piperidine rings is 1. The summed E-state index contributed by atoms with van der Waals surface area (Å²) in [6.07, 6.45) is 3.21. The standard InChI is InChI=1S/C28H28N2OS/c1-19-8-10-25-23(16-19)24(18-26(29-25)27-11-9-20(2)32-27)28(31)30-14-12-22(13-15-30)17-21-6-4-3-5-7-21/h3-11,16,18,22H,12-15,17H2,1-2H3. The Kier molecular flexibility index (Phi) is 5.79. The van der Waals surface area contributed by atoms with E-state index in [0.717, 1.165) is 65.0 Å². The molecule has 0 radical (unpaired) electrons. The number of likely N-dealkylation sites (tertiary alicyclic amines) is 1. The van der Waals surface area contributed by atoms with E-state index in [1.807, 2.05) is 17.0 Å². The first-order valence-corrected chi connectivity index (χ1v) is 12.2. The van der Waals surface area contributed by atoms with E-state index in [-0.39, 0.29) is 5.91 Å². The molecule has 1 saturated heterocycles. The number of carbonyl (C=O) groups excluding carboxylic acids is 1. The molecule has 0 spiro atoms. The molecule has 0 unspecified atom stereocenters. The number of amides is 1. The molecule has 0 bridgehead atoms. The topological polar surface area (TPSA) is 33.2 Å². The van der Waals surface area contributed by atoms with Crippen molar-refractivity contribution in [1.82, 2.24) is 9.88 Å². The summed E-state index contributed by atoms with van der Waals surface area (Å²) in [5, 5.41) is 0.957. The lowest BCUT2D eigenvalue weighted by atomic mass is 9.90. The summed E-state index contributed by atoms with van der Waals surface area (Å²) in [5.74, 6) is 0.776. The second-order valence-corrected chi connectivity index (χ2v) is 10.2. The summed E-state index contributed by atoms with van der Waals surface area (Å²) < 4.78 is 0. The van der Waals surface area contributed by atoms with Crippen LogP contribution in [0.4, 0.5) is 0 Å². The zero-order chi connectivity index (χ0) is 22.1. The minimum Gasteiger partial charge on any atom is -0.339 e. The second kappa shape index (κ2) is 8.87. The molecular weight excluding hydrogens is 412 g/mol. The number of benzene rings is 2. The summed E-state index contributed by atoms with van der Waals surface area (Å²) >= 11 is 1.72. The predicted octanol–water partition coefficient (Wildman–Crippen LogP) is 6.68. The van der Waals surface area contributed by atoms with Crippen LogP contribution in [0, 0.1) is 19.8 Å². The lowest BCUT2D eigenvalue weighted by molar-refractivity contribution is 0.0692. The molecule has 3 nitrogen and oxygen atoms in total. The van der Waals surface area contributed by atoms with Gasteiger partial charge >= 0.3 is 0 Å². The number of rotatable bonds is 4. The third-order valence-electron chi connectivity index (χ3n) is 6.46. The van der Waals surface area contributed by atoms with Crippen LogP contribution in [0.25, 0.3) is 21.5 Å². The van der Waals surface area contributed by atoms with Crippen LogP contribution in [0.15, 0.2) is 66.7 Å². The van der Waals surface area contributed by atoms with Gasteiger partial charge in [0.15, 0.2) is 0 Å². The Labute approximate surface area is 193 Å². The van der Waals surface area contributed by atoms with Crippen molar-refractivity contribution < 1.29 is 4.79 Å². The smallest absolute Gasteiger partial charge is 0.254 e. The number of pyridine rings is 1. The van der Waals surface area contributed by atoms with E-state index in [4.69, 9.17) is 4.98 Å². The highest BCUT2D eigenvalue weighted by Crippen LogP contribution is 2.32. The summed E-state index contributed by atoms with van der Waals surface area (Å²) in [6, 6.07) is 23.1. The first kappa shape index (κ1) is 20.9. The van der Waals surface area contributed by atoms with E-state index >= 15 is 0 Å². The molecule has 0 N–H and O–H groups in total. The lowest BCUT2D eigenvalue weighted by Crippen LogP contribution is -2.39. The molecule has 0 aliphatic carbocycles. The summed E-state index contributed by atoms with van der Waals surface area (Å²) in [4.78, 5) is 23.0. The molecule has 3 heterocycles. The van der Waals surface area contributed by atoms with Gasteiger partial charge in [-0.05, 0) is 74.9 Å². The van der Waals surface area contributed by atoms with Gasteiger partial charge in [0.1, 0.15) is 0 Å². The highest BCUT2D eigenvalue weighted by Gasteiger charge is 2.26. The molecule has 1 amide bonds. The Bertz CT molecular complexity index is 1250. The Morgan fingerprint density at radius 3 is 2.50 bits per heavy atom. The fourth-order valence-electron chi connectivity index (χ4n) is 4.67. The maximum atomic E-state index is 13.7. The highest BCUT2D eigenvalue weighted by atomic mass is 32.1. The lowest BCUT2D eigenvalue weighted by Gasteiger charge is -2.32. The van der Waals surface area contributed by atoms with Gasteiger partial charge < -0.3 is 4.90 Å². The van der Waals surface area contributed by atoms with E-state index in [2.05, 4.69) is 68.4 Å². The molecule has 0 saturated carbocycles. The average molecular weight is 441 g/mol. The van der Waals surface area contributed by atoms with Gasteiger partial charge in [-0.3, -0.25) is 4.79 Å². The number of thiophene rings is 1. The second-order valence-electron chi connectivity index (χ2n) is 8.91. The highest BCUT2D eigenvalue weighted by molar-refractivity contribution is 7.15. The zero-order valence-corrected chi connectivity index (χ0v) is 19.5. The molecule has 1 aliphatic rings. The Hall–Kier alpha value is -2.98. The monoisotopic (exact) mass is 440 g/mol. The van der Waals surface area contributed by atoms with Gasteiger partial charge in [-0.15, -0.1) is 11.3 Å². The number of aryl methyl sites for hydroxylation is 2. The normalized spacial score (nSPS) is 14.8. The van der Waals surface area contributed by atoms with E-state index in [1.165, 1.54) is 10.4 Å². The van der Waals surface area contributed by atoms with Crippen molar-refractivity contribution in [2.24, 2.45) is 5.92 Å². The van der Waals surface area contributed by atoms with Gasteiger partial charge in [0.05, 0.1) is 21.7 Å². The van der Waals surface area contributed by atoms with Crippen LogP contribution in [0.3, 0.4) is 0 Å². The van der Waals surface area contributed by atoms with Crippen LogP contribution >= 0.6 is 11.3 Å². The molecular formula is C28H28N2OS. The van der Waals surface area contributed by atoms with Gasteiger partial charge in [-0.2, -0.15) is 0 Å². The maximum absolute atomic E-state index is 13.7. The van der Waals surface area contributed by atoms with Crippen molar-refractivity contribution in [1.29, 1.82) is 0 Å². The van der Waals surface area contributed by atoms with Crippen LogP contribution in [0.1, 0.15) is 39.2 Å². The van der Waals surface area contributed by atoms with Gasteiger partial charge in [0.25, 0.3) is 5.91 Å². The molecule has 32 heavy (non-hydrogen) atoms. The van der Waals surface area contributed by atoms with Crippen molar-refractivity contribution >= 4 is 28.1 Å². The summed E-state index contributed by atoms with van der Waals surface area (Å²) in [6.45, 7) is 5.81. The number of fused-ring (bicyclic) bond motifs is 1. The SMILES string of the molecule is Cc1ccc2nc(-c3ccc(C)s3)cc(C(=O)N3CCC(Cc4ccccc4)CC3)c2c1. The van der Waals surface area contributed by atoms with Crippen LogP contribution in [-0.4, -0.2) is 28.9 Å². The third-order valence-corrected chi connectivity index (χ3v) is 7.48. The van der Waals surface area contributed by atoms with Crippen molar-refractivity contribution in [3.63, 3.8) is 0 Å². The van der Waals surface area contributed by atoms with Crippen molar-refractivity contribution in [3.8, 4) is 10.6 Å². The van der Waals surface area contributed by atoms with Gasteiger partial charge in [-0.1, -0.05) is 42.0 Å². The molecule has 2 aromatic carbocycles. The molecule has 162 valence electrons. The molecule has 2 aromatic heterocycles. The van der Waals surface area contributed by atoms with Gasteiger partial charge in [0.2, 0.25) is 0 Å². The quantitative estimate of drug-likeness (QED) is 0.355. The van der Waals surface area contributed by atoms with Crippen LogP contribution in [-0.2, 0) is 6.42 Å². The fourth-order valence-corrected chi connectivity index (χ4v) is 5.50. The van der Waals surface area contributed by atoms with Crippen molar-refractivity contribution in [2.75, 3.05) is 13.1 Å². The van der Waals surface area contributed by atoms with Crippen LogP contribution in [0.2, 0.25) is 0 Å². The van der Waals surface area contributed by atoms with Crippen molar-refractivity contribution in [2.45, 2.75) is 33.1 Å². The van der Waals surface area contributed by atoms with Crippen LogP contribution < -0.4 is 0 Å². The first-order valence-electron chi connectivity index (χ1n) is 11.4. The number of hydrogen-bond donors (Lipinski definition) is 0. The minimum atomic E-state index is 0.135. The fraction of sp³-hybridized carbons (Fsp3) is 0.286. The molecule has 5 rings (SSSR count). The van der Waals surface area contributed by atoms with Crippen LogP contribution in [0.5, 0.6) is 0 Å². The number of nitrogens with zero attached hydrogens (tertiary/aromatic N) is 2. The Morgan fingerprint density at radius 2 is 1.78 bits per heavy atom. The predicted molar refractivity (Wildman–Crippen MR) is 133 cm³/mol. The van der Waals surface area contributed by atoms with E-state index in [1.54, 1.807) is 11.3 Å². The molecule has 1 aliphatic heterocycles. The Balaban J connectivity index is 1.41. The number of aromatic nitrogens is 1. The maximum Gasteiger partial charge on any atom is 0.254 e. The minimum absolute atomic E-state index is 0.135. The zero-order valence-electron chi connectivity index (χ0n) is 18.7. The first-order chi connectivity index (χ1) is 15.6.